The lowest BCUT2D eigenvalue weighted by Gasteiger charge is -2.31. The van der Waals surface area contributed by atoms with Crippen molar-refractivity contribution in [3.8, 4) is 0 Å². The molecular formula is C14H29N5. The lowest BCUT2D eigenvalue weighted by Crippen LogP contribution is -2.39. The molecule has 19 heavy (non-hydrogen) atoms. The van der Waals surface area contributed by atoms with Gasteiger partial charge in [0.1, 0.15) is 0 Å². The first-order valence-electron chi connectivity index (χ1n) is 7.08. The van der Waals surface area contributed by atoms with Crippen LogP contribution in [-0.4, -0.2) is 59.9 Å². The largest absolute Gasteiger partial charge is 0.329 e. The molecule has 2 N–H and O–H groups in total. The number of nitrogens with two attached hydrogens (primary N) is 1. The second-order valence-electron chi connectivity index (χ2n) is 5.40. The van der Waals surface area contributed by atoms with Gasteiger partial charge in [0, 0.05) is 37.9 Å². The molecule has 1 heterocycles. The van der Waals surface area contributed by atoms with E-state index in [1.807, 2.05) is 17.9 Å². The van der Waals surface area contributed by atoms with Crippen molar-refractivity contribution in [2.45, 2.75) is 26.3 Å². The summed E-state index contributed by atoms with van der Waals surface area (Å²) in [5.41, 5.74) is 8.50. The number of nitrogens with zero attached hydrogens (tertiary/aromatic N) is 4. The normalized spacial score (nSPS) is 13.5. The Kier molecular flexibility index (Phi) is 6.48. The first-order chi connectivity index (χ1) is 9.01. The van der Waals surface area contributed by atoms with E-state index >= 15 is 0 Å². The third-order valence-corrected chi connectivity index (χ3v) is 3.64. The summed E-state index contributed by atoms with van der Waals surface area (Å²) in [4.78, 5) is 4.69. The molecule has 0 fully saturated rings. The van der Waals surface area contributed by atoms with Gasteiger partial charge in [-0.15, -0.1) is 0 Å². The Morgan fingerprint density at radius 2 is 2.00 bits per heavy atom. The highest BCUT2D eigenvalue weighted by Crippen LogP contribution is 2.22. The molecule has 0 aromatic carbocycles. The molecule has 0 radical (unpaired) electrons. The minimum absolute atomic E-state index is 0.272. The van der Waals surface area contributed by atoms with Gasteiger partial charge in [-0.05, 0) is 34.0 Å². The van der Waals surface area contributed by atoms with Gasteiger partial charge in [0.25, 0.3) is 0 Å². The molecule has 0 aliphatic rings. The Balaban J connectivity index is 2.86. The summed E-state index contributed by atoms with van der Waals surface area (Å²) in [7, 11) is 6.20. The van der Waals surface area contributed by atoms with Crippen LogP contribution < -0.4 is 5.73 Å². The van der Waals surface area contributed by atoms with Gasteiger partial charge in [0.05, 0.1) is 12.2 Å². The van der Waals surface area contributed by atoms with Gasteiger partial charge in [-0.1, -0.05) is 6.92 Å². The first-order valence-corrected chi connectivity index (χ1v) is 7.08. The van der Waals surface area contributed by atoms with E-state index in [1.165, 1.54) is 11.3 Å². The average molecular weight is 267 g/mol. The molecule has 5 heteroatoms. The summed E-state index contributed by atoms with van der Waals surface area (Å²) >= 11 is 0. The van der Waals surface area contributed by atoms with E-state index < -0.39 is 0 Å². The number of likely N-dealkylation sites (N-methyl/N-ethyl adjacent to an activating group) is 1. The molecule has 1 rings (SSSR count). The standard InChI is InChI=1S/C14H29N5/c1-6-7-19(9-8-17(3)4)14(10-15)13-11-16-18(5)12(13)2/h11,14H,6-10,15H2,1-5H3. The van der Waals surface area contributed by atoms with E-state index in [2.05, 4.69) is 42.8 Å². The van der Waals surface area contributed by atoms with Crippen molar-refractivity contribution in [3.05, 3.63) is 17.5 Å². The van der Waals surface area contributed by atoms with Crippen LogP contribution in [-0.2, 0) is 7.05 Å². The molecule has 1 unspecified atom stereocenters. The highest BCUT2D eigenvalue weighted by molar-refractivity contribution is 5.21. The molecule has 1 atom stereocenters. The van der Waals surface area contributed by atoms with Gasteiger partial charge in [-0.3, -0.25) is 9.58 Å². The van der Waals surface area contributed by atoms with E-state index in [0.717, 1.165) is 26.1 Å². The van der Waals surface area contributed by atoms with Crippen molar-refractivity contribution in [3.63, 3.8) is 0 Å². The van der Waals surface area contributed by atoms with Gasteiger partial charge in [-0.25, -0.2) is 0 Å². The van der Waals surface area contributed by atoms with Crippen molar-refractivity contribution in [2.75, 3.05) is 40.3 Å². The highest BCUT2D eigenvalue weighted by atomic mass is 15.3. The molecule has 5 nitrogen and oxygen atoms in total. The number of hydrogen-bond acceptors (Lipinski definition) is 4. The quantitative estimate of drug-likeness (QED) is 0.763. The second-order valence-corrected chi connectivity index (χ2v) is 5.40. The number of aryl methyl sites for hydroxylation is 1. The molecule has 0 bridgehead atoms. The van der Waals surface area contributed by atoms with Crippen LogP contribution in [0.1, 0.15) is 30.6 Å². The summed E-state index contributed by atoms with van der Waals surface area (Å²) in [5.74, 6) is 0. The topological polar surface area (TPSA) is 50.3 Å². The van der Waals surface area contributed by atoms with E-state index in [1.54, 1.807) is 0 Å². The van der Waals surface area contributed by atoms with E-state index in [-0.39, 0.29) is 6.04 Å². The average Bonchev–Trinajstić information content (AvgIpc) is 2.69. The Morgan fingerprint density at radius 3 is 2.42 bits per heavy atom. The summed E-state index contributed by atoms with van der Waals surface area (Å²) in [6, 6.07) is 0.272. The van der Waals surface area contributed by atoms with E-state index in [0.29, 0.717) is 6.54 Å². The lowest BCUT2D eigenvalue weighted by atomic mass is 10.1. The molecule has 110 valence electrons. The van der Waals surface area contributed by atoms with Crippen LogP contribution in [0.15, 0.2) is 6.20 Å². The highest BCUT2D eigenvalue weighted by Gasteiger charge is 2.22. The minimum Gasteiger partial charge on any atom is -0.329 e. The smallest absolute Gasteiger partial charge is 0.0540 e. The second kappa shape index (κ2) is 7.62. The van der Waals surface area contributed by atoms with Crippen LogP contribution in [0.3, 0.4) is 0 Å². The maximum atomic E-state index is 6.03. The van der Waals surface area contributed by atoms with Crippen LogP contribution in [0.4, 0.5) is 0 Å². The Morgan fingerprint density at radius 1 is 1.32 bits per heavy atom. The zero-order chi connectivity index (χ0) is 14.4. The van der Waals surface area contributed by atoms with E-state index in [4.69, 9.17) is 5.73 Å². The molecule has 0 amide bonds. The van der Waals surface area contributed by atoms with Gasteiger partial charge in [0.2, 0.25) is 0 Å². The summed E-state index contributed by atoms with van der Waals surface area (Å²) in [6.07, 6.45) is 3.11. The van der Waals surface area contributed by atoms with Crippen molar-refractivity contribution in [1.82, 2.24) is 19.6 Å². The Hall–Kier alpha value is -0.910. The van der Waals surface area contributed by atoms with E-state index in [9.17, 15) is 0 Å². The zero-order valence-corrected chi connectivity index (χ0v) is 13.1. The van der Waals surface area contributed by atoms with Gasteiger partial charge >= 0.3 is 0 Å². The monoisotopic (exact) mass is 267 g/mol. The molecule has 0 saturated heterocycles. The molecule has 0 saturated carbocycles. The van der Waals surface area contributed by atoms with Crippen molar-refractivity contribution < 1.29 is 0 Å². The fraction of sp³-hybridized carbons (Fsp3) is 0.786. The Bertz CT molecular complexity index is 372. The number of aromatic nitrogens is 2. The SMILES string of the molecule is CCCN(CCN(C)C)C(CN)c1cnn(C)c1C. The lowest BCUT2D eigenvalue weighted by molar-refractivity contribution is 0.182. The van der Waals surface area contributed by atoms with Gasteiger partial charge < -0.3 is 10.6 Å². The molecule has 0 aliphatic carbocycles. The number of hydrogen-bond donors (Lipinski definition) is 1. The van der Waals surface area contributed by atoms with Crippen LogP contribution in [0.2, 0.25) is 0 Å². The van der Waals surface area contributed by atoms with Crippen LogP contribution >= 0.6 is 0 Å². The van der Waals surface area contributed by atoms with Crippen molar-refractivity contribution in [1.29, 1.82) is 0 Å². The maximum Gasteiger partial charge on any atom is 0.0540 e. The summed E-state index contributed by atoms with van der Waals surface area (Å²) in [6.45, 7) is 8.13. The molecule has 0 aliphatic heterocycles. The zero-order valence-electron chi connectivity index (χ0n) is 13.1. The third kappa shape index (κ3) is 4.30. The Labute approximate surface area is 117 Å². The van der Waals surface area contributed by atoms with Crippen LogP contribution in [0.5, 0.6) is 0 Å². The van der Waals surface area contributed by atoms with Crippen LogP contribution in [0.25, 0.3) is 0 Å². The summed E-state index contributed by atoms with van der Waals surface area (Å²) in [5, 5.41) is 4.35. The molecule has 0 spiro atoms. The third-order valence-electron chi connectivity index (χ3n) is 3.64. The molecule has 1 aromatic rings. The molecule has 1 aromatic heterocycles. The summed E-state index contributed by atoms with van der Waals surface area (Å²) < 4.78 is 1.92. The maximum absolute atomic E-state index is 6.03. The van der Waals surface area contributed by atoms with Gasteiger partial charge in [-0.2, -0.15) is 5.10 Å². The molecular weight excluding hydrogens is 238 g/mol. The van der Waals surface area contributed by atoms with Crippen molar-refractivity contribution >= 4 is 0 Å². The minimum atomic E-state index is 0.272. The predicted molar refractivity (Wildman–Crippen MR) is 80.2 cm³/mol. The van der Waals surface area contributed by atoms with Crippen molar-refractivity contribution in [2.24, 2.45) is 12.8 Å². The van der Waals surface area contributed by atoms with Crippen LogP contribution in [0, 0.1) is 6.92 Å². The fourth-order valence-corrected chi connectivity index (χ4v) is 2.35. The predicted octanol–water partition coefficient (Wildman–Crippen LogP) is 1.00. The van der Waals surface area contributed by atoms with Gasteiger partial charge in [0.15, 0.2) is 0 Å². The fourth-order valence-electron chi connectivity index (χ4n) is 2.35. The first kappa shape index (κ1) is 16.1. The number of rotatable bonds is 8.